The van der Waals surface area contributed by atoms with Crippen molar-refractivity contribution in [2.75, 3.05) is 26.9 Å². The summed E-state index contributed by atoms with van der Waals surface area (Å²) in [4.78, 5) is 12.1. The summed E-state index contributed by atoms with van der Waals surface area (Å²) in [5, 5.41) is 6.84. The van der Waals surface area contributed by atoms with Gasteiger partial charge in [-0.05, 0) is 38.5 Å². The van der Waals surface area contributed by atoms with E-state index in [1.54, 1.807) is 7.11 Å². The van der Waals surface area contributed by atoms with E-state index in [0.717, 1.165) is 47.7 Å². The Morgan fingerprint density at radius 3 is 3.00 bits per heavy atom. The van der Waals surface area contributed by atoms with Crippen molar-refractivity contribution >= 4 is 17.0 Å². The fourth-order valence-electron chi connectivity index (χ4n) is 3.05. The molecule has 1 saturated heterocycles. The zero-order chi connectivity index (χ0) is 17.1. The van der Waals surface area contributed by atoms with Gasteiger partial charge in [-0.25, -0.2) is 4.79 Å². The van der Waals surface area contributed by atoms with Crippen LogP contribution in [-0.2, 0) is 4.74 Å². The zero-order valence-electron chi connectivity index (χ0n) is 14.3. The monoisotopic (exact) mass is 332 g/mol. The molecule has 1 aliphatic heterocycles. The molecule has 0 saturated carbocycles. The van der Waals surface area contributed by atoms with Gasteiger partial charge in [-0.15, -0.1) is 0 Å². The van der Waals surface area contributed by atoms with E-state index in [-0.39, 0.29) is 12.1 Å². The summed E-state index contributed by atoms with van der Waals surface area (Å²) in [6.45, 7) is 6.05. The third kappa shape index (κ3) is 3.48. The third-order valence-corrected chi connectivity index (χ3v) is 4.50. The molecular weight excluding hydrogens is 308 g/mol. The van der Waals surface area contributed by atoms with Gasteiger partial charge in [-0.1, -0.05) is 0 Å². The van der Waals surface area contributed by atoms with Crippen LogP contribution in [-0.4, -0.2) is 32.9 Å². The highest BCUT2D eigenvalue weighted by Crippen LogP contribution is 2.31. The van der Waals surface area contributed by atoms with E-state index in [1.165, 1.54) is 0 Å². The van der Waals surface area contributed by atoms with Crippen LogP contribution in [0, 0.1) is 12.8 Å². The first-order chi connectivity index (χ1) is 11.6. The number of urea groups is 1. The molecule has 24 heavy (non-hydrogen) atoms. The van der Waals surface area contributed by atoms with Gasteiger partial charge in [0, 0.05) is 30.0 Å². The van der Waals surface area contributed by atoms with Crippen LogP contribution in [0.4, 0.5) is 4.79 Å². The molecule has 0 bridgehead atoms. The fourth-order valence-corrected chi connectivity index (χ4v) is 3.05. The number of hydrogen-bond donors (Lipinski definition) is 2. The van der Waals surface area contributed by atoms with Gasteiger partial charge in [0.2, 0.25) is 0 Å². The Balaban J connectivity index is 1.65. The van der Waals surface area contributed by atoms with E-state index in [9.17, 15) is 4.79 Å². The van der Waals surface area contributed by atoms with E-state index in [2.05, 4.69) is 10.6 Å². The molecule has 2 unspecified atom stereocenters. The lowest BCUT2D eigenvalue weighted by atomic mass is 10.1. The van der Waals surface area contributed by atoms with E-state index in [0.29, 0.717) is 12.5 Å². The second kappa shape index (κ2) is 7.13. The van der Waals surface area contributed by atoms with Crippen LogP contribution in [0.5, 0.6) is 5.75 Å². The molecule has 2 N–H and O–H groups in total. The molecule has 2 aromatic rings. The summed E-state index contributed by atoms with van der Waals surface area (Å²) < 4.78 is 16.5. The number of aryl methyl sites for hydroxylation is 1. The Hall–Kier alpha value is -2.21. The minimum atomic E-state index is -0.219. The summed E-state index contributed by atoms with van der Waals surface area (Å²) in [7, 11) is 1.64. The number of nitrogens with one attached hydrogen (secondary N) is 2. The molecule has 1 aromatic carbocycles. The van der Waals surface area contributed by atoms with Crippen LogP contribution in [0.1, 0.15) is 30.7 Å². The molecule has 0 spiro atoms. The number of furan rings is 1. The number of fused-ring (bicyclic) bond motifs is 1. The Morgan fingerprint density at radius 2 is 2.29 bits per heavy atom. The molecule has 2 amide bonds. The van der Waals surface area contributed by atoms with Crippen molar-refractivity contribution in [1.29, 1.82) is 0 Å². The molecule has 0 radical (unpaired) electrons. The van der Waals surface area contributed by atoms with Crippen LogP contribution >= 0.6 is 0 Å². The normalized spacial score (nSPS) is 18.5. The zero-order valence-corrected chi connectivity index (χ0v) is 14.3. The van der Waals surface area contributed by atoms with Crippen molar-refractivity contribution < 1.29 is 18.7 Å². The highest BCUT2D eigenvalue weighted by molar-refractivity contribution is 5.84. The largest absolute Gasteiger partial charge is 0.497 e. The lowest BCUT2D eigenvalue weighted by Crippen LogP contribution is -2.39. The molecule has 3 rings (SSSR count). The van der Waals surface area contributed by atoms with Gasteiger partial charge in [0.15, 0.2) is 0 Å². The number of benzene rings is 1. The molecular formula is C18H24N2O4. The first kappa shape index (κ1) is 16.6. The molecule has 1 aromatic heterocycles. The second-order valence-electron chi connectivity index (χ2n) is 6.26. The van der Waals surface area contributed by atoms with E-state index in [1.807, 2.05) is 32.0 Å². The molecule has 2 atom stereocenters. The number of carbonyl (C=O) groups excluding carboxylic acids is 1. The second-order valence-corrected chi connectivity index (χ2v) is 6.26. The van der Waals surface area contributed by atoms with E-state index < -0.39 is 0 Å². The number of ether oxygens (including phenoxy) is 2. The van der Waals surface area contributed by atoms with Crippen molar-refractivity contribution in [2.24, 2.45) is 5.92 Å². The maximum absolute atomic E-state index is 12.1. The van der Waals surface area contributed by atoms with Gasteiger partial charge in [0.1, 0.15) is 17.1 Å². The third-order valence-electron chi connectivity index (χ3n) is 4.50. The molecule has 130 valence electrons. The Morgan fingerprint density at radius 1 is 1.46 bits per heavy atom. The van der Waals surface area contributed by atoms with Gasteiger partial charge < -0.3 is 24.5 Å². The maximum atomic E-state index is 12.1. The Labute approximate surface area is 141 Å². The summed E-state index contributed by atoms with van der Waals surface area (Å²) in [5.74, 6) is 1.96. The number of hydrogen-bond acceptors (Lipinski definition) is 4. The average Bonchev–Trinajstić information content (AvgIpc) is 3.21. The molecule has 6 heteroatoms. The lowest BCUT2D eigenvalue weighted by Gasteiger charge is -2.15. The number of carbonyl (C=O) groups is 1. The summed E-state index contributed by atoms with van der Waals surface area (Å²) >= 11 is 0. The number of amides is 2. The van der Waals surface area contributed by atoms with Crippen LogP contribution < -0.4 is 15.4 Å². The topological polar surface area (TPSA) is 72.7 Å². The van der Waals surface area contributed by atoms with Gasteiger partial charge in [0.05, 0.1) is 19.8 Å². The molecule has 1 aliphatic rings. The lowest BCUT2D eigenvalue weighted by molar-refractivity contribution is 0.185. The molecule has 2 heterocycles. The van der Waals surface area contributed by atoms with Crippen molar-refractivity contribution in [2.45, 2.75) is 26.3 Å². The average molecular weight is 332 g/mol. The first-order valence-electron chi connectivity index (χ1n) is 8.27. The van der Waals surface area contributed by atoms with Crippen LogP contribution in [0.15, 0.2) is 22.6 Å². The summed E-state index contributed by atoms with van der Waals surface area (Å²) in [5.41, 5.74) is 1.81. The van der Waals surface area contributed by atoms with Crippen LogP contribution in [0.3, 0.4) is 0 Å². The van der Waals surface area contributed by atoms with Crippen LogP contribution in [0.25, 0.3) is 11.0 Å². The fraction of sp³-hybridized carbons (Fsp3) is 0.500. The maximum Gasteiger partial charge on any atom is 0.315 e. The highest BCUT2D eigenvalue weighted by atomic mass is 16.5. The van der Waals surface area contributed by atoms with Crippen LogP contribution in [0.2, 0.25) is 0 Å². The van der Waals surface area contributed by atoms with Gasteiger partial charge >= 0.3 is 6.03 Å². The molecule has 6 nitrogen and oxygen atoms in total. The first-order valence-corrected chi connectivity index (χ1v) is 8.27. The minimum absolute atomic E-state index is 0.188. The Kier molecular flexibility index (Phi) is 4.94. The van der Waals surface area contributed by atoms with Gasteiger partial charge in [0.25, 0.3) is 0 Å². The smallest absolute Gasteiger partial charge is 0.315 e. The Bertz CT molecular complexity index is 719. The predicted octanol–water partition coefficient (Wildman–Crippen LogP) is 3.15. The number of rotatable bonds is 5. The van der Waals surface area contributed by atoms with E-state index >= 15 is 0 Å². The quantitative estimate of drug-likeness (QED) is 0.882. The number of methoxy groups -OCH3 is 1. The van der Waals surface area contributed by atoms with Gasteiger partial charge in [-0.3, -0.25) is 0 Å². The van der Waals surface area contributed by atoms with Gasteiger partial charge in [-0.2, -0.15) is 0 Å². The SMILES string of the molecule is COc1ccc2oc(C(C)NC(=O)NCC3CCOC3)c(C)c2c1. The highest BCUT2D eigenvalue weighted by Gasteiger charge is 2.20. The predicted molar refractivity (Wildman–Crippen MR) is 91.4 cm³/mol. The van der Waals surface area contributed by atoms with Crippen molar-refractivity contribution in [3.63, 3.8) is 0 Å². The van der Waals surface area contributed by atoms with Crippen molar-refractivity contribution in [3.05, 3.63) is 29.5 Å². The standard InChI is InChI=1S/C18H24N2O4/c1-11-15-8-14(22-3)4-5-16(15)24-17(11)12(2)20-18(21)19-9-13-6-7-23-10-13/h4-5,8,12-13H,6-7,9-10H2,1-3H3,(H2,19,20,21). The van der Waals surface area contributed by atoms with E-state index in [4.69, 9.17) is 13.9 Å². The minimum Gasteiger partial charge on any atom is -0.497 e. The molecule has 1 fully saturated rings. The van der Waals surface area contributed by atoms with Crippen molar-refractivity contribution in [3.8, 4) is 5.75 Å². The van der Waals surface area contributed by atoms with Crippen molar-refractivity contribution in [1.82, 2.24) is 10.6 Å². The summed E-state index contributed by atoms with van der Waals surface area (Å²) in [6.07, 6.45) is 1.00. The molecule has 0 aliphatic carbocycles. The summed E-state index contributed by atoms with van der Waals surface area (Å²) in [6, 6.07) is 5.29.